The Bertz CT molecular complexity index is 1030. The van der Waals surface area contributed by atoms with Crippen molar-refractivity contribution >= 4 is 28.6 Å². The van der Waals surface area contributed by atoms with Gasteiger partial charge in [0.1, 0.15) is 11.3 Å². The van der Waals surface area contributed by atoms with Crippen LogP contribution in [0.2, 0.25) is 0 Å². The molecule has 1 aromatic heterocycles. The van der Waals surface area contributed by atoms with Gasteiger partial charge < -0.3 is 14.6 Å². The summed E-state index contributed by atoms with van der Waals surface area (Å²) in [6, 6.07) is 15.5. The largest absolute Gasteiger partial charge is 0.440 e. The van der Waals surface area contributed by atoms with Crippen LogP contribution in [0, 0.1) is 0 Å². The van der Waals surface area contributed by atoms with Crippen LogP contribution in [-0.4, -0.2) is 33.8 Å². The predicted molar refractivity (Wildman–Crippen MR) is 105 cm³/mol. The molecule has 3 aromatic rings. The van der Waals surface area contributed by atoms with E-state index in [1.54, 1.807) is 0 Å². The monoisotopic (exact) mass is 375 g/mol. The van der Waals surface area contributed by atoms with Crippen LogP contribution >= 0.6 is 0 Å². The predicted octanol–water partition coefficient (Wildman–Crippen LogP) is 4.15. The Morgan fingerprint density at radius 1 is 1.11 bits per heavy atom. The lowest BCUT2D eigenvalue weighted by Gasteiger charge is -2.33. The average Bonchev–Trinajstić information content (AvgIpc) is 3.20. The molecule has 2 aliphatic heterocycles. The van der Waals surface area contributed by atoms with E-state index in [0.29, 0.717) is 36.4 Å². The number of Topliss-reactive ketones (excluding diaryl/α,β-unsaturated/α-hetero) is 1. The first-order valence-electron chi connectivity index (χ1n) is 9.70. The molecule has 28 heavy (non-hydrogen) atoms. The van der Waals surface area contributed by atoms with Gasteiger partial charge in [-0.15, -0.1) is 0 Å². The lowest BCUT2D eigenvalue weighted by Crippen LogP contribution is -2.48. The van der Waals surface area contributed by atoms with Crippen LogP contribution in [0.3, 0.4) is 0 Å². The van der Waals surface area contributed by atoms with Crippen molar-refractivity contribution in [1.82, 2.24) is 9.88 Å². The number of nitrogens with zero attached hydrogens (tertiary/aromatic N) is 2. The number of benzene rings is 2. The highest BCUT2D eigenvalue weighted by Gasteiger charge is 2.42. The first-order valence-corrected chi connectivity index (χ1v) is 9.70. The quantitative estimate of drug-likeness (QED) is 0.746. The standard InChI is InChI=1S/C22H21N3O3/c26-18-12-16-7-8-17(13-18)25(16)22(27)23-15-6-9-19-20(11-15)28-21(24-19)10-14-4-2-1-3-5-14/h1-6,9,11,16-17H,7-8,10,12-13H2,(H,23,27). The van der Waals surface area contributed by atoms with E-state index in [4.69, 9.17) is 4.42 Å². The summed E-state index contributed by atoms with van der Waals surface area (Å²) in [5.74, 6) is 0.919. The van der Waals surface area contributed by atoms with Gasteiger partial charge in [-0.1, -0.05) is 30.3 Å². The first-order chi connectivity index (χ1) is 13.7. The van der Waals surface area contributed by atoms with Crippen LogP contribution in [0.1, 0.15) is 37.1 Å². The van der Waals surface area contributed by atoms with Gasteiger partial charge in [0, 0.05) is 43.1 Å². The zero-order valence-corrected chi connectivity index (χ0v) is 15.4. The summed E-state index contributed by atoms with van der Waals surface area (Å²) in [5, 5.41) is 2.97. The zero-order chi connectivity index (χ0) is 19.1. The summed E-state index contributed by atoms with van der Waals surface area (Å²) in [7, 11) is 0. The van der Waals surface area contributed by atoms with Crippen LogP contribution in [0.15, 0.2) is 52.9 Å². The van der Waals surface area contributed by atoms with Gasteiger partial charge in [0.15, 0.2) is 11.5 Å². The molecule has 0 aliphatic carbocycles. The third-order valence-electron chi connectivity index (χ3n) is 5.66. The molecule has 2 fully saturated rings. The molecule has 0 radical (unpaired) electrons. The van der Waals surface area contributed by atoms with Crippen LogP contribution in [0.25, 0.3) is 11.1 Å². The van der Waals surface area contributed by atoms with Gasteiger partial charge in [0.2, 0.25) is 0 Å². The second-order valence-electron chi connectivity index (χ2n) is 7.62. The number of anilines is 1. The van der Waals surface area contributed by atoms with E-state index in [1.807, 2.05) is 53.4 Å². The number of hydrogen-bond donors (Lipinski definition) is 1. The molecular formula is C22H21N3O3. The van der Waals surface area contributed by atoms with Crippen molar-refractivity contribution in [3.05, 3.63) is 60.0 Å². The maximum absolute atomic E-state index is 12.8. The molecule has 2 aromatic carbocycles. The lowest BCUT2D eigenvalue weighted by atomic mass is 10.0. The Morgan fingerprint density at radius 3 is 2.61 bits per heavy atom. The highest BCUT2D eigenvalue weighted by atomic mass is 16.3. The van der Waals surface area contributed by atoms with E-state index < -0.39 is 0 Å². The normalized spacial score (nSPS) is 21.3. The summed E-state index contributed by atoms with van der Waals surface area (Å²) in [6.07, 6.45) is 3.41. The Kier molecular flexibility index (Phi) is 4.11. The minimum absolute atomic E-state index is 0.0396. The Hall–Kier alpha value is -3.15. The van der Waals surface area contributed by atoms with Gasteiger partial charge in [0.05, 0.1) is 0 Å². The molecule has 1 N–H and O–H groups in total. The first kappa shape index (κ1) is 17.0. The third-order valence-corrected chi connectivity index (χ3v) is 5.66. The molecule has 5 rings (SSSR count). The third kappa shape index (κ3) is 3.15. The van der Waals surface area contributed by atoms with Crippen molar-refractivity contribution in [3.63, 3.8) is 0 Å². The topological polar surface area (TPSA) is 75.4 Å². The van der Waals surface area contributed by atoms with Crippen molar-refractivity contribution in [1.29, 1.82) is 0 Å². The van der Waals surface area contributed by atoms with Gasteiger partial charge in [-0.2, -0.15) is 0 Å². The molecule has 6 heteroatoms. The summed E-state index contributed by atoms with van der Waals surface area (Å²) in [4.78, 5) is 30.9. The van der Waals surface area contributed by atoms with E-state index in [0.717, 1.165) is 23.9 Å². The maximum Gasteiger partial charge on any atom is 0.322 e. The van der Waals surface area contributed by atoms with E-state index in [9.17, 15) is 9.59 Å². The number of carbonyl (C=O) groups excluding carboxylic acids is 2. The SMILES string of the molecule is O=C1CC2CCC(C1)N2C(=O)Nc1ccc2nc(Cc3ccccc3)oc2c1. The van der Waals surface area contributed by atoms with Gasteiger partial charge in [-0.05, 0) is 30.5 Å². The fourth-order valence-electron chi connectivity index (χ4n) is 4.39. The second kappa shape index (κ2) is 6.78. The summed E-state index contributed by atoms with van der Waals surface area (Å²) in [5.41, 5.74) is 3.24. The number of piperidine rings is 1. The zero-order valence-electron chi connectivity index (χ0n) is 15.4. The maximum atomic E-state index is 12.8. The molecule has 2 atom stereocenters. The van der Waals surface area contributed by atoms with E-state index >= 15 is 0 Å². The van der Waals surface area contributed by atoms with E-state index in [-0.39, 0.29) is 23.9 Å². The molecule has 0 spiro atoms. The van der Waals surface area contributed by atoms with Gasteiger partial charge in [0.25, 0.3) is 0 Å². The molecule has 2 amide bonds. The summed E-state index contributed by atoms with van der Waals surface area (Å²) < 4.78 is 5.89. The van der Waals surface area contributed by atoms with E-state index in [2.05, 4.69) is 10.3 Å². The molecule has 6 nitrogen and oxygen atoms in total. The number of carbonyl (C=O) groups is 2. The van der Waals surface area contributed by atoms with Gasteiger partial charge in [-0.3, -0.25) is 4.79 Å². The molecular weight excluding hydrogens is 354 g/mol. The summed E-state index contributed by atoms with van der Waals surface area (Å²) >= 11 is 0. The Morgan fingerprint density at radius 2 is 1.86 bits per heavy atom. The molecule has 2 bridgehead atoms. The summed E-state index contributed by atoms with van der Waals surface area (Å²) in [6.45, 7) is 0. The smallest absolute Gasteiger partial charge is 0.322 e. The van der Waals surface area contributed by atoms with Crippen molar-refractivity contribution in [2.75, 3.05) is 5.32 Å². The molecule has 3 heterocycles. The number of amides is 2. The number of fused-ring (bicyclic) bond motifs is 3. The number of hydrogen-bond acceptors (Lipinski definition) is 4. The lowest BCUT2D eigenvalue weighted by molar-refractivity contribution is -0.122. The van der Waals surface area contributed by atoms with Gasteiger partial charge >= 0.3 is 6.03 Å². The molecule has 0 saturated carbocycles. The fraction of sp³-hybridized carbons (Fsp3) is 0.318. The van der Waals surface area contributed by atoms with Crippen molar-refractivity contribution < 1.29 is 14.0 Å². The second-order valence-corrected chi connectivity index (χ2v) is 7.62. The average molecular weight is 375 g/mol. The number of aromatic nitrogens is 1. The van der Waals surface area contributed by atoms with Crippen LogP contribution < -0.4 is 5.32 Å². The number of urea groups is 1. The van der Waals surface area contributed by atoms with Crippen LogP contribution in [0.5, 0.6) is 0 Å². The van der Waals surface area contributed by atoms with E-state index in [1.165, 1.54) is 0 Å². The van der Waals surface area contributed by atoms with Crippen molar-refractivity contribution in [2.45, 2.75) is 44.2 Å². The minimum Gasteiger partial charge on any atom is -0.440 e. The highest BCUT2D eigenvalue weighted by Crippen LogP contribution is 2.34. The highest BCUT2D eigenvalue weighted by molar-refractivity contribution is 5.94. The number of rotatable bonds is 3. The molecule has 2 saturated heterocycles. The minimum atomic E-state index is -0.136. The number of nitrogens with one attached hydrogen (secondary N) is 1. The fourth-order valence-corrected chi connectivity index (χ4v) is 4.39. The Labute approximate surface area is 162 Å². The van der Waals surface area contributed by atoms with Crippen molar-refractivity contribution in [3.8, 4) is 0 Å². The van der Waals surface area contributed by atoms with Crippen molar-refractivity contribution in [2.24, 2.45) is 0 Å². The van der Waals surface area contributed by atoms with Crippen LogP contribution in [-0.2, 0) is 11.2 Å². The molecule has 142 valence electrons. The van der Waals surface area contributed by atoms with Gasteiger partial charge in [-0.25, -0.2) is 9.78 Å². The van der Waals surface area contributed by atoms with Crippen LogP contribution in [0.4, 0.5) is 10.5 Å². The molecule has 2 aliphatic rings. The Balaban J connectivity index is 1.32. The number of ketones is 1. The number of oxazole rings is 1. The molecule has 2 unspecified atom stereocenters.